The maximum Gasteiger partial charge on any atom is 0.276 e. The molecule has 0 saturated heterocycles. The van der Waals surface area contributed by atoms with Crippen LogP contribution in [0.1, 0.15) is 30.4 Å². The fraction of sp³-hybridized carbons (Fsp3) is 0.214. The van der Waals surface area contributed by atoms with E-state index in [4.69, 9.17) is 0 Å². The molecule has 1 N–H and O–H groups in total. The Balaban J connectivity index is 1.78. The molecule has 0 radical (unpaired) electrons. The number of rotatable bonds is 4. The van der Waals surface area contributed by atoms with Gasteiger partial charge >= 0.3 is 0 Å². The van der Waals surface area contributed by atoms with Crippen molar-refractivity contribution in [1.29, 1.82) is 0 Å². The van der Waals surface area contributed by atoms with Crippen LogP contribution >= 0.6 is 22.7 Å². The Bertz CT molecular complexity index is 743. The standard InChI is InChI=1S/C14H14N4OS2/c1-9(2)18-12(5-6-15-18)17-13(19)10-8-21-14(16-10)11-4-3-7-20-11/h3-9H,1-2H3,(H,17,19). The van der Waals surface area contributed by atoms with E-state index in [-0.39, 0.29) is 11.9 Å². The van der Waals surface area contributed by atoms with E-state index in [0.29, 0.717) is 11.5 Å². The maximum atomic E-state index is 12.3. The summed E-state index contributed by atoms with van der Waals surface area (Å²) in [6.45, 7) is 4.03. The fourth-order valence-electron chi connectivity index (χ4n) is 1.90. The van der Waals surface area contributed by atoms with Crippen molar-refractivity contribution in [2.24, 2.45) is 0 Å². The average molecular weight is 318 g/mol. The summed E-state index contributed by atoms with van der Waals surface area (Å²) in [5, 5.41) is 11.7. The third-order valence-electron chi connectivity index (χ3n) is 2.87. The number of hydrogen-bond donors (Lipinski definition) is 1. The lowest BCUT2D eigenvalue weighted by molar-refractivity contribution is 0.102. The summed E-state index contributed by atoms with van der Waals surface area (Å²) in [6.07, 6.45) is 1.67. The normalized spacial score (nSPS) is 11.0. The second-order valence-corrected chi connectivity index (χ2v) is 6.53. The van der Waals surface area contributed by atoms with E-state index >= 15 is 0 Å². The van der Waals surface area contributed by atoms with Gasteiger partial charge in [-0.05, 0) is 25.3 Å². The van der Waals surface area contributed by atoms with Crippen LogP contribution in [0.15, 0.2) is 35.2 Å². The van der Waals surface area contributed by atoms with Gasteiger partial charge in [0, 0.05) is 17.5 Å². The molecule has 0 saturated carbocycles. The molecule has 0 atom stereocenters. The Morgan fingerprint density at radius 1 is 1.33 bits per heavy atom. The molecular formula is C14H14N4OS2. The van der Waals surface area contributed by atoms with Gasteiger partial charge in [-0.15, -0.1) is 22.7 Å². The predicted molar refractivity (Wildman–Crippen MR) is 86.0 cm³/mol. The van der Waals surface area contributed by atoms with Crippen molar-refractivity contribution in [2.45, 2.75) is 19.9 Å². The molecule has 0 unspecified atom stereocenters. The largest absolute Gasteiger partial charge is 0.305 e. The molecule has 3 rings (SSSR count). The molecule has 0 aliphatic rings. The number of nitrogens with zero attached hydrogens (tertiary/aromatic N) is 3. The Kier molecular flexibility index (Phi) is 3.85. The van der Waals surface area contributed by atoms with Crippen LogP contribution in [0.2, 0.25) is 0 Å². The zero-order valence-corrected chi connectivity index (χ0v) is 13.2. The summed E-state index contributed by atoms with van der Waals surface area (Å²) >= 11 is 3.09. The second-order valence-electron chi connectivity index (χ2n) is 4.72. The van der Waals surface area contributed by atoms with Gasteiger partial charge in [0.05, 0.1) is 11.1 Å². The zero-order chi connectivity index (χ0) is 14.8. The van der Waals surface area contributed by atoms with E-state index in [1.165, 1.54) is 11.3 Å². The predicted octanol–water partition coefficient (Wildman–Crippen LogP) is 3.90. The summed E-state index contributed by atoms with van der Waals surface area (Å²) in [5.41, 5.74) is 0.430. The molecule has 5 nitrogen and oxygen atoms in total. The van der Waals surface area contributed by atoms with Crippen LogP contribution in [-0.2, 0) is 0 Å². The lowest BCUT2D eigenvalue weighted by Gasteiger charge is -2.10. The first-order valence-electron chi connectivity index (χ1n) is 6.49. The van der Waals surface area contributed by atoms with Gasteiger partial charge in [0.1, 0.15) is 16.5 Å². The lowest BCUT2D eigenvalue weighted by Crippen LogP contribution is -2.17. The second kappa shape index (κ2) is 5.79. The van der Waals surface area contributed by atoms with Gasteiger partial charge < -0.3 is 5.32 Å². The molecule has 0 aliphatic heterocycles. The molecule has 0 aliphatic carbocycles. The van der Waals surface area contributed by atoms with Crippen LogP contribution in [0.4, 0.5) is 5.82 Å². The van der Waals surface area contributed by atoms with E-state index in [0.717, 1.165) is 9.88 Å². The molecular weight excluding hydrogens is 304 g/mol. The Morgan fingerprint density at radius 2 is 2.19 bits per heavy atom. The highest BCUT2D eigenvalue weighted by atomic mass is 32.1. The Labute approximate surface area is 130 Å². The van der Waals surface area contributed by atoms with E-state index in [9.17, 15) is 4.79 Å². The molecule has 3 heterocycles. The van der Waals surface area contributed by atoms with Crippen molar-refractivity contribution in [3.63, 3.8) is 0 Å². The van der Waals surface area contributed by atoms with Gasteiger partial charge in [-0.3, -0.25) is 4.79 Å². The SMILES string of the molecule is CC(C)n1nccc1NC(=O)c1csc(-c2cccs2)n1. The number of hydrogen-bond acceptors (Lipinski definition) is 5. The van der Waals surface area contributed by atoms with Gasteiger partial charge in [-0.25, -0.2) is 9.67 Å². The van der Waals surface area contributed by atoms with Gasteiger partial charge in [-0.1, -0.05) is 6.07 Å². The Morgan fingerprint density at radius 3 is 2.90 bits per heavy atom. The number of thiophene rings is 1. The van der Waals surface area contributed by atoms with Gasteiger partial charge in [0.15, 0.2) is 0 Å². The first-order chi connectivity index (χ1) is 10.1. The van der Waals surface area contributed by atoms with Crippen LogP contribution in [0.3, 0.4) is 0 Å². The van der Waals surface area contributed by atoms with Gasteiger partial charge in [0.2, 0.25) is 0 Å². The molecule has 0 spiro atoms. The van der Waals surface area contributed by atoms with Crippen molar-refractivity contribution in [1.82, 2.24) is 14.8 Å². The highest BCUT2D eigenvalue weighted by molar-refractivity contribution is 7.20. The summed E-state index contributed by atoms with van der Waals surface area (Å²) in [4.78, 5) is 17.7. The van der Waals surface area contributed by atoms with Crippen LogP contribution < -0.4 is 5.32 Å². The topological polar surface area (TPSA) is 59.8 Å². The third-order valence-corrected chi connectivity index (χ3v) is 4.75. The summed E-state index contributed by atoms with van der Waals surface area (Å²) < 4.78 is 1.77. The van der Waals surface area contributed by atoms with Crippen LogP contribution in [-0.4, -0.2) is 20.7 Å². The summed E-state index contributed by atoms with van der Waals surface area (Å²) in [5.74, 6) is 0.470. The molecule has 21 heavy (non-hydrogen) atoms. The number of nitrogens with one attached hydrogen (secondary N) is 1. The molecule has 1 amide bonds. The lowest BCUT2D eigenvalue weighted by atomic mass is 10.4. The fourth-order valence-corrected chi connectivity index (χ4v) is 3.51. The van der Waals surface area contributed by atoms with E-state index in [1.54, 1.807) is 33.7 Å². The van der Waals surface area contributed by atoms with E-state index < -0.39 is 0 Å². The number of amides is 1. The van der Waals surface area contributed by atoms with E-state index in [1.807, 2.05) is 31.4 Å². The maximum absolute atomic E-state index is 12.3. The molecule has 0 bridgehead atoms. The minimum Gasteiger partial charge on any atom is -0.305 e. The smallest absolute Gasteiger partial charge is 0.276 e. The van der Waals surface area contributed by atoms with Crippen LogP contribution in [0.5, 0.6) is 0 Å². The number of carbonyl (C=O) groups is 1. The molecule has 3 aromatic rings. The van der Waals surface area contributed by atoms with Gasteiger partial charge in [0.25, 0.3) is 5.91 Å². The summed E-state index contributed by atoms with van der Waals surface area (Å²) in [6, 6.07) is 5.94. The monoisotopic (exact) mass is 318 g/mol. The molecule has 108 valence electrons. The van der Waals surface area contributed by atoms with Crippen molar-refractivity contribution in [2.75, 3.05) is 5.32 Å². The molecule has 0 fully saturated rings. The molecule has 0 aromatic carbocycles. The first kappa shape index (κ1) is 14.0. The highest BCUT2D eigenvalue weighted by Gasteiger charge is 2.15. The quantitative estimate of drug-likeness (QED) is 0.793. The van der Waals surface area contributed by atoms with E-state index in [2.05, 4.69) is 15.4 Å². The number of aromatic nitrogens is 3. The van der Waals surface area contributed by atoms with Crippen LogP contribution in [0, 0.1) is 0 Å². The average Bonchev–Trinajstić information content (AvgIpc) is 3.19. The minimum absolute atomic E-state index is 0.187. The van der Waals surface area contributed by atoms with Crippen molar-refractivity contribution in [3.8, 4) is 9.88 Å². The molecule has 3 aromatic heterocycles. The zero-order valence-electron chi connectivity index (χ0n) is 11.6. The van der Waals surface area contributed by atoms with Gasteiger partial charge in [-0.2, -0.15) is 5.10 Å². The number of thiazole rings is 1. The first-order valence-corrected chi connectivity index (χ1v) is 8.25. The van der Waals surface area contributed by atoms with Crippen molar-refractivity contribution < 1.29 is 4.79 Å². The van der Waals surface area contributed by atoms with Crippen molar-refractivity contribution in [3.05, 3.63) is 40.8 Å². The van der Waals surface area contributed by atoms with Crippen LogP contribution in [0.25, 0.3) is 9.88 Å². The third kappa shape index (κ3) is 2.88. The molecule has 7 heteroatoms. The highest BCUT2D eigenvalue weighted by Crippen LogP contribution is 2.28. The Hall–Kier alpha value is -1.99. The summed E-state index contributed by atoms with van der Waals surface area (Å²) in [7, 11) is 0. The number of carbonyl (C=O) groups excluding carboxylic acids is 1. The minimum atomic E-state index is -0.212. The van der Waals surface area contributed by atoms with Crippen molar-refractivity contribution >= 4 is 34.4 Å². The number of anilines is 1.